The molecule has 13 aromatic rings. The van der Waals surface area contributed by atoms with Crippen LogP contribution in [0.5, 0.6) is 0 Å². The Labute approximate surface area is 340 Å². The van der Waals surface area contributed by atoms with Crippen molar-refractivity contribution in [2.45, 2.75) is 0 Å². The van der Waals surface area contributed by atoms with E-state index in [9.17, 15) is 4.11 Å². The van der Waals surface area contributed by atoms with Crippen molar-refractivity contribution >= 4 is 87.4 Å². The minimum Gasteiger partial charge on any atom is -0.456 e. The van der Waals surface area contributed by atoms with Crippen molar-refractivity contribution < 1.29 is 14.0 Å². The summed E-state index contributed by atoms with van der Waals surface area (Å²) >= 11 is 0. The van der Waals surface area contributed by atoms with E-state index in [1.807, 2.05) is 106 Å². The molecule has 0 saturated heterocycles. The maximum absolute atomic E-state index is 9.67. The van der Waals surface area contributed by atoms with Crippen molar-refractivity contribution in [2.75, 3.05) is 0 Å². The first kappa shape index (κ1) is 25.2. The summed E-state index contributed by atoms with van der Waals surface area (Å²) < 4.78 is 74.9. The zero-order chi connectivity index (χ0) is 44.0. The minimum absolute atomic E-state index is 0.0545. The van der Waals surface area contributed by atoms with Gasteiger partial charge in [-0.2, -0.15) is 15.0 Å². The van der Waals surface area contributed by atoms with Gasteiger partial charge in [-0.05, 0) is 54.5 Å². The normalized spacial score (nSPS) is 13.8. The molecule has 270 valence electrons. The number of fused-ring (bicyclic) bond motifs is 13. The zero-order valence-corrected chi connectivity index (χ0v) is 30.4. The van der Waals surface area contributed by atoms with Crippen molar-refractivity contribution in [1.82, 2.24) is 28.7 Å². The summed E-state index contributed by atoms with van der Waals surface area (Å²) in [5.74, 6) is 0.336. The number of aromatic nitrogens is 6. The number of furan rings is 1. The van der Waals surface area contributed by atoms with Crippen LogP contribution in [0, 0.1) is 0 Å². The van der Waals surface area contributed by atoms with Crippen LogP contribution in [-0.4, -0.2) is 28.7 Å². The number of para-hydroxylation sites is 6. The number of nitrogens with zero attached hydrogens (tertiary/aromatic N) is 6. The fraction of sp³-hybridized carbons (Fsp3) is 0. The fourth-order valence-electron chi connectivity index (χ4n) is 8.77. The van der Waals surface area contributed by atoms with Gasteiger partial charge in [0.15, 0.2) is 5.82 Å². The lowest BCUT2D eigenvalue weighted by Gasteiger charge is -2.14. The third kappa shape index (κ3) is 4.30. The van der Waals surface area contributed by atoms with E-state index in [4.69, 9.17) is 24.9 Å². The quantitative estimate of drug-likeness (QED) is 0.180. The van der Waals surface area contributed by atoms with E-state index < -0.39 is 30.2 Å². The maximum Gasteiger partial charge on any atom is 0.240 e. The molecule has 0 unspecified atom stereocenters. The monoisotopic (exact) mass is 749 g/mol. The third-order valence-corrected chi connectivity index (χ3v) is 11.2. The largest absolute Gasteiger partial charge is 0.456 e. The summed E-state index contributed by atoms with van der Waals surface area (Å²) in [4.78, 5) is 15.6. The first-order chi connectivity index (χ1) is 31.7. The van der Waals surface area contributed by atoms with Gasteiger partial charge >= 0.3 is 0 Å². The highest BCUT2D eigenvalue weighted by molar-refractivity contribution is 6.23. The summed E-state index contributed by atoms with van der Waals surface area (Å²) in [7, 11) is 0. The topological polar surface area (TPSA) is 66.6 Å². The Kier molecular flexibility index (Phi) is 5.10. The second-order valence-electron chi connectivity index (χ2n) is 14.3. The van der Waals surface area contributed by atoms with E-state index in [2.05, 4.69) is 47.0 Å². The van der Waals surface area contributed by atoms with Gasteiger partial charge in [-0.3, -0.25) is 9.13 Å². The maximum atomic E-state index is 9.67. The van der Waals surface area contributed by atoms with Crippen molar-refractivity contribution in [3.63, 3.8) is 0 Å². The molecule has 0 atom stereocenters. The molecule has 0 amide bonds. The first-order valence-electron chi connectivity index (χ1n) is 22.4. The number of rotatable bonds is 4. The Morgan fingerprint density at radius 1 is 0.397 bits per heavy atom. The van der Waals surface area contributed by atoms with Crippen molar-refractivity contribution in [2.24, 2.45) is 0 Å². The molecule has 5 heterocycles. The smallest absolute Gasteiger partial charge is 0.240 e. The Balaban J connectivity index is 1.21. The van der Waals surface area contributed by atoms with Gasteiger partial charge in [0.25, 0.3) is 0 Å². The molecule has 0 bridgehead atoms. The number of benzene rings is 8. The molecule has 0 saturated carbocycles. The van der Waals surface area contributed by atoms with Gasteiger partial charge in [0.2, 0.25) is 11.9 Å². The van der Waals surface area contributed by atoms with E-state index in [1.165, 1.54) is 0 Å². The molecule has 0 aliphatic rings. The van der Waals surface area contributed by atoms with Gasteiger partial charge < -0.3 is 8.98 Å². The lowest BCUT2D eigenvalue weighted by atomic mass is 10.1. The highest BCUT2D eigenvalue weighted by Crippen LogP contribution is 2.42. The molecule has 13 rings (SSSR count). The van der Waals surface area contributed by atoms with Crippen LogP contribution in [0.2, 0.25) is 0 Å². The molecule has 58 heavy (non-hydrogen) atoms. The second kappa shape index (κ2) is 11.7. The first-order valence-corrected chi connectivity index (χ1v) is 18.9. The summed E-state index contributed by atoms with van der Waals surface area (Å²) in [5.41, 5.74) is 5.68. The van der Waals surface area contributed by atoms with Crippen molar-refractivity contribution in [3.05, 3.63) is 182 Å². The van der Waals surface area contributed by atoms with Gasteiger partial charge in [0.1, 0.15) is 11.2 Å². The molecular formula is C51H30N6O. The Morgan fingerprint density at radius 2 is 0.897 bits per heavy atom. The van der Waals surface area contributed by atoms with Gasteiger partial charge in [0, 0.05) is 54.3 Å². The molecule has 0 radical (unpaired) electrons. The van der Waals surface area contributed by atoms with Crippen LogP contribution in [0.3, 0.4) is 0 Å². The summed E-state index contributed by atoms with van der Waals surface area (Å²) in [6.45, 7) is 0. The van der Waals surface area contributed by atoms with Crippen LogP contribution in [0.4, 0.5) is 0 Å². The van der Waals surface area contributed by atoms with Gasteiger partial charge in [-0.15, -0.1) is 0 Å². The number of hydrogen-bond donors (Lipinski definition) is 0. The molecule has 0 aliphatic carbocycles. The Morgan fingerprint density at radius 3 is 1.55 bits per heavy atom. The van der Waals surface area contributed by atoms with Crippen LogP contribution in [0.15, 0.2) is 186 Å². The van der Waals surface area contributed by atoms with E-state index in [1.54, 1.807) is 0 Å². The minimum atomic E-state index is -0.504. The molecule has 8 aromatic carbocycles. The highest BCUT2D eigenvalue weighted by Gasteiger charge is 2.24. The van der Waals surface area contributed by atoms with Crippen LogP contribution in [-0.2, 0) is 0 Å². The summed E-state index contributed by atoms with van der Waals surface area (Å²) in [6.07, 6.45) is 0. The average molecular weight is 750 g/mol. The molecule has 0 spiro atoms. The van der Waals surface area contributed by atoms with E-state index in [0.717, 1.165) is 71.1 Å². The molecule has 7 nitrogen and oxygen atoms in total. The van der Waals surface area contributed by atoms with Gasteiger partial charge in [-0.25, -0.2) is 0 Å². The Bertz CT molecular complexity index is 4180. The SMILES string of the molecule is [2H]c1c([2H])c([2H])c2c(oc3c([2H])c(-c4nc(-n5c6ccccc6c6ccccc65)nc(-n5c6ccccc6c6ccc7c8ccccc8n(-c8ccccc8)c7c65)n4)c([2H])c([2H])c32)c1[2H]. The van der Waals surface area contributed by atoms with Crippen LogP contribution < -0.4 is 0 Å². The molecule has 7 heteroatoms. The highest BCUT2D eigenvalue weighted by atomic mass is 16.3. The van der Waals surface area contributed by atoms with E-state index in [-0.39, 0.29) is 57.3 Å². The molecule has 0 fully saturated rings. The van der Waals surface area contributed by atoms with Crippen molar-refractivity contribution in [1.29, 1.82) is 0 Å². The number of hydrogen-bond acceptors (Lipinski definition) is 4. The van der Waals surface area contributed by atoms with Crippen molar-refractivity contribution in [3.8, 4) is 29.0 Å². The Hall–Kier alpha value is -8.03. The van der Waals surface area contributed by atoms with E-state index in [0.29, 0.717) is 0 Å². The fourth-order valence-corrected chi connectivity index (χ4v) is 8.77. The third-order valence-electron chi connectivity index (χ3n) is 11.2. The lowest BCUT2D eigenvalue weighted by Crippen LogP contribution is -2.10. The summed E-state index contributed by atoms with van der Waals surface area (Å²) in [6, 6.07) is 43.8. The average Bonchev–Trinajstić information content (AvgIpc) is 4.09. The molecule has 0 N–H and O–H groups in total. The van der Waals surface area contributed by atoms with Gasteiger partial charge in [-0.1, -0.05) is 127 Å². The van der Waals surface area contributed by atoms with Gasteiger partial charge in [0.05, 0.1) is 42.7 Å². The molecule has 0 aliphatic heterocycles. The summed E-state index contributed by atoms with van der Waals surface area (Å²) in [5, 5.41) is 5.81. The van der Waals surface area contributed by atoms with Crippen LogP contribution in [0.25, 0.3) is 116 Å². The standard InChI is InChI=1S/C51H30N6O/c1-2-14-32(15-3-1)55-41-21-9-6-18-35(41)39-28-29-40-36-19-7-12-24-44(36)57(48(40)47(39)55)51-53-49(31-26-27-38-37-20-8-13-25-45(37)58-46(38)30-31)52-50(54-51)56-42-22-10-4-16-33(42)34-17-5-11-23-43(34)56/h1-30H/i8D,13D,20D,25D,26D,27D,30D. The van der Waals surface area contributed by atoms with Crippen LogP contribution >= 0.6 is 0 Å². The predicted octanol–water partition coefficient (Wildman–Crippen LogP) is 12.7. The molecular weight excluding hydrogens is 713 g/mol. The second-order valence-corrected chi connectivity index (χ2v) is 14.3. The van der Waals surface area contributed by atoms with Crippen LogP contribution in [0.1, 0.15) is 9.60 Å². The lowest BCUT2D eigenvalue weighted by molar-refractivity contribution is 0.669. The molecule has 5 aromatic heterocycles. The van der Waals surface area contributed by atoms with E-state index >= 15 is 0 Å². The zero-order valence-electron chi connectivity index (χ0n) is 37.4. The predicted molar refractivity (Wildman–Crippen MR) is 236 cm³/mol.